The van der Waals surface area contributed by atoms with E-state index in [1.165, 1.54) is 0 Å². The van der Waals surface area contributed by atoms with Gasteiger partial charge in [-0.05, 0) is 31.8 Å². The monoisotopic (exact) mass is 308 g/mol. The molecule has 1 aromatic carbocycles. The topological polar surface area (TPSA) is 42.0 Å². The van der Waals surface area contributed by atoms with Gasteiger partial charge in [0.25, 0.3) is 0 Å². The summed E-state index contributed by atoms with van der Waals surface area (Å²) in [5.41, 5.74) is 0.951. The van der Waals surface area contributed by atoms with Crippen LogP contribution in [-0.2, 0) is 4.79 Å². The van der Waals surface area contributed by atoms with Gasteiger partial charge in [-0.25, -0.2) is 0 Å². The molecule has 2 aliphatic heterocycles. The zero-order valence-electron chi connectivity index (χ0n) is 12.4. The van der Waals surface area contributed by atoms with Gasteiger partial charge in [-0.3, -0.25) is 9.69 Å². The lowest BCUT2D eigenvalue weighted by molar-refractivity contribution is -0.136. The van der Waals surface area contributed by atoms with E-state index in [2.05, 4.69) is 0 Å². The number of fused-ring (bicyclic) bond motifs is 1. The van der Waals surface area contributed by atoms with E-state index < -0.39 is 0 Å². The second-order valence-corrected chi connectivity index (χ2v) is 6.64. The lowest BCUT2D eigenvalue weighted by atomic mass is 10.0. The summed E-state index contributed by atoms with van der Waals surface area (Å²) in [7, 11) is 3.87. The van der Waals surface area contributed by atoms with Gasteiger partial charge in [-0.15, -0.1) is 0 Å². The Labute approximate surface area is 129 Å². The van der Waals surface area contributed by atoms with Crippen molar-refractivity contribution in [2.24, 2.45) is 0 Å². The van der Waals surface area contributed by atoms with Gasteiger partial charge in [0.1, 0.15) is 6.04 Å². The number of thioether (sulfide) groups is 1. The summed E-state index contributed by atoms with van der Waals surface area (Å²) in [5, 5.41) is 0. The van der Waals surface area contributed by atoms with Gasteiger partial charge in [0, 0.05) is 24.6 Å². The summed E-state index contributed by atoms with van der Waals surface area (Å²) < 4.78 is 10.8. The highest BCUT2D eigenvalue weighted by molar-refractivity contribution is 7.99. The fraction of sp³-hybridized carbons (Fsp3) is 0.533. The SMILES string of the molecule is CN(C)[C@H](C(=O)N1CCSCC1)c1ccc2c(c1)OCO2. The Bertz CT molecular complexity index is 530. The van der Waals surface area contributed by atoms with E-state index in [1.54, 1.807) is 0 Å². The van der Waals surface area contributed by atoms with Gasteiger partial charge in [0.2, 0.25) is 12.7 Å². The number of amides is 1. The smallest absolute Gasteiger partial charge is 0.244 e. The first-order chi connectivity index (χ1) is 10.2. The molecule has 6 heteroatoms. The Balaban J connectivity index is 1.85. The lowest BCUT2D eigenvalue weighted by Crippen LogP contribution is -2.44. The molecule has 1 atom stereocenters. The van der Waals surface area contributed by atoms with E-state index in [-0.39, 0.29) is 18.7 Å². The number of likely N-dealkylation sites (N-methyl/N-ethyl adjacent to an activating group) is 1. The molecule has 0 spiro atoms. The Hall–Kier alpha value is -1.40. The van der Waals surface area contributed by atoms with Crippen LogP contribution in [0, 0.1) is 0 Å². The van der Waals surface area contributed by atoms with Crippen LogP contribution in [0.4, 0.5) is 0 Å². The van der Waals surface area contributed by atoms with Gasteiger partial charge in [-0.2, -0.15) is 11.8 Å². The van der Waals surface area contributed by atoms with Crippen LogP contribution < -0.4 is 9.47 Å². The second-order valence-electron chi connectivity index (χ2n) is 5.42. The van der Waals surface area contributed by atoms with Gasteiger partial charge in [-0.1, -0.05) is 6.07 Å². The first-order valence-corrected chi connectivity index (χ1v) is 8.25. The maximum absolute atomic E-state index is 12.8. The predicted octanol–water partition coefficient (Wildman–Crippen LogP) is 1.59. The van der Waals surface area contributed by atoms with Crippen molar-refractivity contribution in [1.29, 1.82) is 0 Å². The molecule has 2 aliphatic rings. The van der Waals surface area contributed by atoms with Crippen LogP contribution >= 0.6 is 11.8 Å². The van der Waals surface area contributed by atoms with Crippen LogP contribution in [0.5, 0.6) is 11.5 Å². The Morgan fingerprint density at radius 3 is 2.67 bits per heavy atom. The molecule has 0 aliphatic carbocycles. The molecular weight excluding hydrogens is 288 g/mol. The first-order valence-electron chi connectivity index (χ1n) is 7.09. The highest BCUT2D eigenvalue weighted by atomic mass is 32.2. The third kappa shape index (κ3) is 2.96. The van der Waals surface area contributed by atoms with Crippen LogP contribution in [-0.4, -0.2) is 61.2 Å². The zero-order chi connectivity index (χ0) is 14.8. The maximum atomic E-state index is 12.8. The van der Waals surface area contributed by atoms with Crippen molar-refractivity contribution in [3.63, 3.8) is 0 Å². The van der Waals surface area contributed by atoms with Gasteiger partial charge >= 0.3 is 0 Å². The molecule has 1 fully saturated rings. The molecule has 114 valence electrons. The summed E-state index contributed by atoms with van der Waals surface area (Å²) in [6.07, 6.45) is 0. The first kappa shape index (κ1) is 14.5. The number of ether oxygens (including phenoxy) is 2. The van der Waals surface area contributed by atoms with Crippen molar-refractivity contribution in [2.45, 2.75) is 6.04 Å². The summed E-state index contributed by atoms with van der Waals surface area (Å²) in [6, 6.07) is 5.48. The Morgan fingerprint density at radius 2 is 1.95 bits per heavy atom. The van der Waals surface area contributed by atoms with Crippen molar-refractivity contribution >= 4 is 17.7 Å². The summed E-state index contributed by atoms with van der Waals surface area (Å²) >= 11 is 1.90. The minimum Gasteiger partial charge on any atom is -0.454 e. The fourth-order valence-electron chi connectivity index (χ4n) is 2.70. The van der Waals surface area contributed by atoms with E-state index in [1.807, 2.05) is 53.9 Å². The number of nitrogens with zero attached hydrogens (tertiary/aromatic N) is 2. The number of hydrogen-bond acceptors (Lipinski definition) is 5. The van der Waals surface area contributed by atoms with Crippen molar-refractivity contribution < 1.29 is 14.3 Å². The van der Waals surface area contributed by atoms with Gasteiger partial charge in [0.05, 0.1) is 0 Å². The predicted molar refractivity (Wildman–Crippen MR) is 82.9 cm³/mol. The third-order valence-corrected chi connectivity index (χ3v) is 4.73. The number of carbonyl (C=O) groups is 1. The van der Waals surface area contributed by atoms with Crippen LogP contribution in [0.3, 0.4) is 0 Å². The summed E-state index contributed by atoms with van der Waals surface area (Å²) in [5.74, 6) is 3.68. The van der Waals surface area contributed by atoms with Crippen LogP contribution in [0.2, 0.25) is 0 Å². The number of benzene rings is 1. The number of rotatable bonds is 3. The molecule has 1 aromatic rings. The van der Waals surface area contributed by atoms with Crippen molar-refractivity contribution in [1.82, 2.24) is 9.80 Å². The molecular formula is C15H20N2O3S. The minimum absolute atomic E-state index is 0.166. The van der Waals surface area contributed by atoms with Crippen LogP contribution in [0.25, 0.3) is 0 Å². The average Bonchev–Trinajstić information content (AvgIpc) is 2.95. The average molecular weight is 308 g/mol. The molecule has 21 heavy (non-hydrogen) atoms. The van der Waals surface area contributed by atoms with Crippen molar-refractivity contribution in [3.05, 3.63) is 23.8 Å². The molecule has 0 saturated carbocycles. The molecule has 5 nitrogen and oxygen atoms in total. The minimum atomic E-state index is -0.275. The second kappa shape index (κ2) is 6.15. The van der Waals surface area contributed by atoms with E-state index in [9.17, 15) is 4.79 Å². The molecule has 3 rings (SSSR count). The molecule has 0 N–H and O–H groups in total. The van der Waals surface area contributed by atoms with Crippen LogP contribution in [0.1, 0.15) is 11.6 Å². The van der Waals surface area contributed by atoms with Crippen molar-refractivity contribution in [3.8, 4) is 11.5 Å². The highest BCUT2D eigenvalue weighted by Gasteiger charge is 2.30. The van der Waals surface area contributed by atoms with Gasteiger partial charge < -0.3 is 14.4 Å². The normalized spacial score (nSPS) is 18.9. The van der Waals surface area contributed by atoms with Crippen molar-refractivity contribution in [2.75, 3.05) is 45.5 Å². The Kier molecular flexibility index (Phi) is 4.26. The van der Waals surface area contributed by atoms with Gasteiger partial charge in [0.15, 0.2) is 11.5 Å². The maximum Gasteiger partial charge on any atom is 0.244 e. The largest absolute Gasteiger partial charge is 0.454 e. The number of carbonyl (C=O) groups excluding carboxylic acids is 1. The number of hydrogen-bond donors (Lipinski definition) is 0. The van der Waals surface area contributed by atoms with Crippen LogP contribution in [0.15, 0.2) is 18.2 Å². The molecule has 0 aromatic heterocycles. The van der Waals surface area contributed by atoms with E-state index in [4.69, 9.17) is 9.47 Å². The molecule has 0 unspecified atom stereocenters. The Morgan fingerprint density at radius 1 is 1.24 bits per heavy atom. The fourth-order valence-corrected chi connectivity index (χ4v) is 3.60. The van der Waals surface area contributed by atoms with E-state index in [0.29, 0.717) is 0 Å². The quantitative estimate of drug-likeness (QED) is 0.848. The molecule has 1 amide bonds. The molecule has 0 radical (unpaired) electrons. The molecule has 0 bridgehead atoms. The molecule has 2 heterocycles. The van der Waals surface area contributed by atoms with E-state index >= 15 is 0 Å². The molecule has 1 saturated heterocycles. The zero-order valence-corrected chi connectivity index (χ0v) is 13.2. The van der Waals surface area contributed by atoms with E-state index in [0.717, 1.165) is 41.7 Å². The third-order valence-electron chi connectivity index (χ3n) is 3.79. The lowest BCUT2D eigenvalue weighted by Gasteiger charge is -2.33. The standard InChI is InChI=1S/C15H20N2O3S/c1-16(2)14(15(18)17-5-7-21-8-6-17)11-3-4-12-13(9-11)20-10-19-12/h3-4,9,14H,5-8,10H2,1-2H3/t14-/m0/s1. The highest BCUT2D eigenvalue weighted by Crippen LogP contribution is 2.35. The summed E-state index contributed by atoms with van der Waals surface area (Å²) in [4.78, 5) is 16.8. The summed E-state index contributed by atoms with van der Waals surface area (Å²) in [6.45, 7) is 1.92.